The first-order valence-corrected chi connectivity index (χ1v) is 5.58. The molecule has 0 aliphatic heterocycles. The summed E-state index contributed by atoms with van der Waals surface area (Å²) in [6, 6.07) is 3.88. The van der Waals surface area contributed by atoms with Crippen molar-refractivity contribution in [2.24, 2.45) is 11.7 Å². The van der Waals surface area contributed by atoms with Crippen LogP contribution in [0.4, 0.5) is 0 Å². The average Bonchev–Trinajstić information content (AvgIpc) is 2.69. The molecule has 1 unspecified atom stereocenters. The smallest absolute Gasteiger partial charge is 0.117 e. The van der Waals surface area contributed by atoms with Crippen molar-refractivity contribution in [2.45, 2.75) is 20.4 Å². The first kappa shape index (κ1) is 12.2. The Morgan fingerprint density at radius 1 is 1.67 bits per heavy atom. The molecule has 0 saturated carbocycles. The first-order valence-electron chi connectivity index (χ1n) is 5.17. The van der Waals surface area contributed by atoms with E-state index in [0.717, 1.165) is 25.4 Å². The van der Waals surface area contributed by atoms with Gasteiger partial charge in [-0.3, -0.25) is 4.90 Å². The van der Waals surface area contributed by atoms with Crippen molar-refractivity contribution in [3.8, 4) is 0 Å². The number of furan rings is 1. The number of nitrogens with zero attached hydrogens (tertiary/aromatic N) is 1. The van der Waals surface area contributed by atoms with Crippen molar-refractivity contribution in [3.63, 3.8) is 0 Å². The molecule has 0 spiro atoms. The third kappa shape index (κ3) is 4.01. The maximum atomic E-state index is 5.59. The van der Waals surface area contributed by atoms with E-state index < -0.39 is 0 Å². The largest absolute Gasteiger partial charge is 0.468 e. The molecule has 0 radical (unpaired) electrons. The molecule has 1 aromatic rings. The molecular weight excluding hydrogens is 208 g/mol. The van der Waals surface area contributed by atoms with Crippen LogP contribution in [0.15, 0.2) is 22.8 Å². The van der Waals surface area contributed by atoms with E-state index in [0.29, 0.717) is 4.99 Å². The molecule has 0 aromatic carbocycles. The SMILES string of the molecule is CCN(Cc1ccco1)CC(C)C(N)=S. The zero-order valence-corrected chi connectivity index (χ0v) is 10.1. The average molecular weight is 226 g/mol. The van der Waals surface area contributed by atoms with Crippen molar-refractivity contribution in [1.29, 1.82) is 0 Å². The Labute approximate surface area is 96.2 Å². The van der Waals surface area contributed by atoms with Gasteiger partial charge in [-0.15, -0.1) is 0 Å². The minimum absolute atomic E-state index is 0.245. The Morgan fingerprint density at radius 2 is 2.40 bits per heavy atom. The van der Waals surface area contributed by atoms with E-state index >= 15 is 0 Å². The Kier molecular flexibility index (Phi) is 4.78. The van der Waals surface area contributed by atoms with E-state index in [-0.39, 0.29) is 5.92 Å². The molecule has 0 bridgehead atoms. The molecule has 1 aromatic heterocycles. The minimum atomic E-state index is 0.245. The maximum absolute atomic E-state index is 5.59. The molecule has 0 aliphatic rings. The maximum Gasteiger partial charge on any atom is 0.117 e. The van der Waals surface area contributed by atoms with Gasteiger partial charge in [-0.25, -0.2) is 0 Å². The van der Waals surface area contributed by atoms with Gasteiger partial charge in [-0.2, -0.15) is 0 Å². The third-order valence-electron chi connectivity index (χ3n) is 2.42. The van der Waals surface area contributed by atoms with Crippen LogP contribution in [0.5, 0.6) is 0 Å². The molecule has 0 amide bonds. The summed E-state index contributed by atoms with van der Waals surface area (Å²) in [6.45, 7) is 6.83. The molecule has 0 saturated heterocycles. The Bertz CT molecular complexity index is 298. The molecule has 0 aliphatic carbocycles. The van der Waals surface area contributed by atoms with E-state index in [9.17, 15) is 0 Å². The van der Waals surface area contributed by atoms with Crippen LogP contribution in [0, 0.1) is 5.92 Å². The van der Waals surface area contributed by atoms with Crippen LogP contribution in [0.3, 0.4) is 0 Å². The fraction of sp³-hybridized carbons (Fsp3) is 0.545. The van der Waals surface area contributed by atoms with Gasteiger partial charge in [-0.05, 0) is 18.7 Å². The van der Waals surface area contributed by atoms with Gasteiger partial charge < -0.3 is 10.2 Å². The summed E-state index contributed by atoms with van der Waals surface area (Å²) in [5, 5.41) is 0. The molecule has 1 heterocycles. The summed E-state index contributed by atoms with van der Waals surface area (Å²) in [5.74, 6) is 1.22. The zero-order valence-electron chi connectivity index (χ0n) is 9.27. The van der Waals surface area contributed by atoms with Crippen LogP contribution < -0.4 is 5.73 Å². The van der Waals surface area contributed by atoms with E-state index in [1.807, 2.05) is 19.1 Å². The van der Waals surface area contributed by atoms with Gasteiger partial charge in [0.2, 0.25) is 0 Å². The fourth-order valence-electron chi connectivity index (χ4n) is 1.41. The number of hydrogen-bond donors (Lipinski definition) is 1. The second-order valence-corrected chi connectivity index (χ2v) is 4.18. The molecule has 2 N–H and O–H groups in total. The van der Waals surface area contributed by atoms with Crippen LogP contribution in [0.1, 0.15) is 19.6 Å². The monoisotopic (exact) mass is 226 g/mol. The first-order chi connectivity index (χ1) is 7.13. The molecular formula is C11H18N2OS. The fourth-order valence-corrected chi connectivity index (χ4v) is 1.48. The normalized spacial score (nSPS) is 13.0. The lowest BCUT2D eigenvalue weighted by Gasteiger charge is -2.22. The number of thiocarbonyl (C=S) groups is 1. The van der Waals surface area contributed by atoms with Crippen LogP contribution >= 0.6 is 12.2 Å². The molecule has 0 fully saturated rings. The lowest BCUT2D eigenvalue weighted by molar-refractivity contribution is 0.242. The molecule has 4 heteroatoms. The minimum Gasteiger partial charge on any atom is -0.468 e. The van der Waals surface area contributed by atoms with Gasteiger partial charge in [0.1, 0.15) is 5.76 Å². The topological polar surface area (TPSA) is 42.4 Å². The van der Waals surface area contributed by atoms with Crippen molar-refractivity contribution < 1.29 is 4.42 Å². The van der Waals surface area contributed by atoms with Crippen molar-refractivity contribution >= 4 is 17.2 Å². The van der Waals surface area contributed by atoms with E-state index in [4.69, 9.17) is 22.4 Å². The van der Waals surface area contributed by atoms with Gasteiger partial charge in [-0.1, -0.05) is 26.1 Å². The van der Waals surface area contributed by atoms with E-state index in [2.05, 4.69) is 11.8 Å². The van der Waals surface area contributed by atoms with Crippen molar-refractivity contribution in [1.82, 2.24) is 4.90 Å². The van der Waals surface area contributed by atoms with Crippen LogP contribution in [0.2, 0.25) is 0 Å². The summed E-state index contributed by atoms with van der Waals surface area (Å²) in [6.07, 6.45) is 1.69. The summed E-state index contributed by atoms with van der Waals surface area (Å²) < 4.78 is 5.30. The van der Waals surface area contributed by atoms with Crippen LogP contribution in [-0.4, -0.2) is 23.0 Å². The Hall–Kier alpha value is -0.870. The molecule has 15 heavy (non-hydrogen) atoms. The van der Waals surface area contributed by atoms with Crippen molar-refractivity contribution in [2.75, 3.05) is 13.1 Å². The van der Waals surface area contributed by atoms with Gasteiger partial charge >= 0.3 is 0 Å². The summed E-state index contributed by atoms with van der Waals surface area (Å²) in [4.78, 5) is 2.84. The molecule has 1 atom stereocenters. The summed E-state index contributed by atoms with van der Waals surface area (Å²) >= 11 is 4.96. The van der Waals surface area contributed by atoms with Crippen molar-refractivity contribution in [3.05, 3.63) is 24.2 Å². The highest BCUT2D eigenvalue weighted by Gasteiger charge is 2.12. The number of rotatable bonds is 6. The summed E-state index contributed by atoms with van der Waals surface area (Å²) in [7, 11) is 0. The van der Waals surface area contributed by atoms with Crippen LogP contribution in [0.25, 0.3) is 0 Å². The lowest BCUT2D eigenvalue weighted by atomic mass is 10.1. The lowest BCUT2D eigenvalue weighted by Crippen LogP contribution is -2.33. The molecule has 3 nitrogen and oxygen atoms in total. The third-order valence-corrected chi connectivity index (χ3v) is 2.83. The highest BCUT2D eigenvalue weighted by molar-refractivity contribution is 7.80. The zero-order chi connectivity index (χ0) is 11.3. The van der Waals surface area contributed by atoms with Gasteiger partial charge in [0, 0.05) is 12.5 Å². The number of hydrogen-bond acceptors (Lipinski definition) is 3. The van der Waals surface area contributed by atoms with E-state index in [1.54, 1.807) is 6.26 Å². The van der Waals surface area contributed by atoms with Gasteiger partial charge in [0.05, 0.1) is 17.8 Å². The second kappa shape index (κ2) is 5.88. The second-order valence-electron chi connectivity index (χ2n) is 3.71. The molecule has 84 valence electrons. The van der Waals surface area contributed by atoms with Gasteiger partial charge in [0.15, 0.2) is 0 Å². The Morgan fingerprint density at radius 3 is 2.87 bits per heavy atom. The highest BCUT2D eigenvalue weighted by Crippen LogP contribution is 2.08. The highest BCUT2D eigenvalue weighted by atomic mass is 32.1. The van der Waals surface area contributed by atoms with E-state index in [1.165, 1.54) is 0 Å². The van der Waals surface area contributed by atoms with Crippen LogP contribution in [-0.2, 0) is 6.54 Å². The molecule has 1 rings (SSSR count). The number of nitrogens with two attached hydrogens (primary N) is 1. The summed E-state index contributed by atoms with van der Waals surface area (Å²) in [5.41, 5.74) is 5.59. The predicted octanol–water partition coefficient (Wildman–Crippen LogP) is 2.02. The Balaban J connectivity index is 2.46. The quantitative estimate of drug-likeness (QED) is 0.754. The predicted molar refractivity (Wildman–Crippen MR) is 65.6 cm³/mol. The standard InChI is InChI=1S/C11H18N2OS/c1-3-13(7-9(2)11(12)15)8-10-5-4-6-14-10/h4-6,9H,3,7-8H2,1-2H3,(H2,12,15). The van der Waals surface area contributed by atoms with Gasteiger partial charge in [0.25, 0.3) is 0 Å².